The summed E-state index contributed by atoms with van der Waals surface area (Å²) < 4.78 is 0. The summed E-state index contributed by atoms with van der Waals surface area (Å²) in [7, 11) is 0. The number of nitrogens with two attached hydrogens (primary N) is 1. The fraction of sp³-hybridized carbons (Fsp3) is 0.250. The van der Waals surface area contributed by atoms with E-state index in [1.807, 2.05) is 50.2 Å². The predicted molar refractivity (Wildman–Crippen MR) is 106 cm³/mol. The first-order valence-corrected chi connectivity index (χ1v) is 8.82. The summed E-state index contributed by atoms with van der Waals surface area (Å²) >= 11 is 0. The lowest BCUT2D eigenvalue weighted by Crippen LogP contribution is -2.46. The van der Waals surface area contributed by atoms with E-state index in [4.69, 9.17) is 5.73 Å². The zero-order chi connectivity index (χ0) is 19.4. The van der Waals surface area contributed by atoms with Crippen LogP contribution in [-0.4, -0.2) is 34.4 Å². The number of anilines is 1. The van der Waals surface area contributed by atoms with Gasteiger partial charge >= 0.3 is 0 Å². The third-order valence-electron chi connectivity index (χ3n) is 4.28. The molecule has 0 unspecified atom stereocenters. The van der Waals surface area contributed by atoms with Crippen LogP contribution in [0.3, 0.4) is 0 Å². The van der Waals surface area contributed by atoms with Gasteiger partial charge in [0.25, 0.3) is 0 Å². The fourth-order valence-electron chi connectivity index (χ4n) is 2.59. The van der Waals surface area contributed by atoms with Crippen LogP contribution < -0.4 is 16.4 Å². The van der Waals surface area contributed by atoms with Crippen LogP contribution >= 0.6 is 0 Å². The second kappa shape index (κ2) is 8.01. The van der Waals surface area contributed by atoms with Crippen molar-refractivity contribution in [2.75, 3.05) is 11.9 Å². The van der Waals surface area contributed by atoms with Crippen LogP contribution in [0.4, 0.5) is 5.69 Å². The highest BCUT2D eigenvalue weighted by molar-refractivity contribution is 5.95. The van der Waals surface area contributed by atoms with Crippen LogP contribution in [0.25, 0.3) is 22.4 Å². The summed E-state index contributed by atoms with van der Waals surface area (Å²) in [6.07, 6.45) is 0. The van der Waals surface area contributed by atoms with E-state index in [9.17, 15) is 9.59 Å². The van der Waals surface area contributed by atoms with Crippen molar-refractivity contribution in [1.82, 2.24) is 15.3 Å². The lowest BCUT2D eigenvalue weighted by Gasteiger charge is -2.15. The molecule has 0 saturated heterocycles. The molecule has 1 heterocycles. The molecule has 27 heavy (non-hydrogen) atoms. The Morgan fingerprint density at radius 2 is 1.81 bits per heavy atom. The minimum Gasteiger partial charge on any atom is -0.346 e. The van der Waals surface area contributed by atoms with Gasteiger partial charge in [0.05, 0.1) is 23.6 Å². The number of aromatic amines is 1. The summed E-state index contributed by atoms with van der Waals surface area (Å²) in [5.41, 5.74) is 9.18. The summed E-state index contributed by atoms with van der Waals surface area (Å²) in [5, 5.41) is 5.29. The van der Waals surface area contributed by atoms with Crippen LogP contribution in [0.15, 0.2) is 48.5 Å². The van der Waals surface area contributed by atoms with Gasteiger partial charge in [0.1, 0.15) is 5.82 Å². The van der Waals surface area contributed by atoms with Gasteiger partial charge in [-0.2, -0.15) is 0 Å². The molecule has 0 aliphatic heterocycles. The lowest BCUT2D eigenvalue weighted by atomic mass is 10.1. The van der Waals surface area contributed by atoms with Crippen LogP contribution in [-0.2, 0) is 9.59 Å². The summed E-state index contributed by atoms with van der Waals surface area (Å²) in [6, 6.07) is 14.5. The van der Waals surface area contributed by atoms with Crippen molar-refractivity contribution in [2.45, 2.75) is 19.9 Å². The fourth-order valence-corrected chi connectivity index (χ4v) is 2.59. The molecule has 0 aliphatic rings. The van der Waals surface area contributed by atoms with E-state index in [0.29, 0.717) is 5.69 Å². The number of fused-ring (bicyclic) bond motifs is 1. The number of rotatable bonds is 6. The third-order valence-corrected chi connectivity index (χ3v) is 4.28. The van der Waals surface area contributed by atoms with E-state index >= 15 is 0 Å². The molecule has 0 aliphatic carbocycles. The Kier molecular flexibility index (Phi) is 5.52. The van der Waals surface area contributed by atoms with Gasteiger partial charge in [-0.3, -0.25) is 9.59 Å². The van der Waals surface area contributed by atoms with Crippen LogP contribution in [0, 0.1) is 5.92 Å². The average molecular weight is 365 g/mol. The number of carbonyl (C=O) groups excluding carboxylic acids is 2. The Balaban J connectivity index is 1.59. The molecule has 0 bridgehead atoms. The molecule has 1 atom stereocenters. The maximum Gasteiger partial charge on any atom is 0.243 e. The first-order chi connectivity index (χ1) is 12.9. The van der Waals surface area contributed by atoms with Crippen molar-refractivity contribution >= 4 is 28.5 Å². The smallest absolute Gasteiger partial charge is 0.243 e. The second-order valence-electron chi connectivity index (χ2n) is 6.72. The normalized spacial score (nSPS) is 12.1. The van der Waals surface area contributed by atoms with Crippen molar-refractivity contribution in [3.8, 4) is 11.4 Å². The number of imidazole rings is 1. The van der Waals surface area contributed by atoms with Gasteiger partial charge in [-0.25, -0.2) is 4.98 Å². The molecule has 1 aromatic heterocycles. The van der Waals surface area contributed by atoms with E-state index in [2.05, 4.69) is 20.6 Å². The van der Waals surface area contributed by atoms with Gasteiger partial charge in [0, 0.05) is 11.3 Å². The number of hydrogen-bond donors (Lipinski definition) is 4. The van der Waals surface area contributed by atoms with Gasteiger partial charge in [-0.15, -0.1) is 0 Å². The highest BCUT2D eigenvalue weighted by Gasteiger charge is 2.17. The van der Waals surface area contributed by atoms with Crippen molar-refractivity contribution < 1.29 is 9.59 Å². The minimum atomic E-state index is -0.624. The second-order valence-corrected chi connectivity index (χ2v) is 6.72. The molecule has 7 heteroatoms. The highest BCUT2D eigenvalue weighted by Crippen LogP contribution is 2.21. The monoisotopic (exact) mass is 365 g/mol. The van der Waals surface area contributed by atoms with E-state index < -0.39 is 6.04 Å². The topological polar surface area (TPSA) is 113 Å². The number of H-pyrrole nitrogens is 1. The van der Waals surface area contributed by atoms with E-state index in [1.165, 1.54) is 0 Å². The number of hydrogen-bond acceptors (Lipinski definition) is 4. The molecule has 140 valence electrons. The Hall–Kier alpha value is -3.19. The lowest BCUT2D eigenvalue weighted by molar-refractivity contribution is -0.125. The molecular formula is C20H23N5O2. The van der Waals surface area contributed by atoms with Gasteiger partial charge in [-0.1, -0.05) is 26.0 Å². The number of aromatic nitrogens is 2. The quantitative estimate of drug-likeness (QED) is 0.537. The molecule has 5 N–H and O–H groups in total. The Morgan fingerprint density at radius 1 is 1.11 bits per heavy atom. The first kappa shape index (κ1) is 18.6. The molecular weight excluding hydrogens is 342 g/mol. The molecule has 0 radical (unpaired) electrons. The number of nitrogens with one attached hydrogen (secondary N) is 3. The van der Waals surface area contributed by atoms with Crippen LogP contribution in [0.1, 0.15) is 13.8 Å². The van der Waals surface area contributed by atoms with E-state index in [0.717, 1.165) is 22.4 Å². The molecule has 0 spiro atoms. The first-order valence-electron chi connectivity index (χ1n) is 8.82. The zero-order valence-corrected chi connectivity index (χ0v) is 15.3. The van der Waals surface area contributed by atoms with Crippen molar-refractivity contribution in [1.29, 1.82) is 0 Å². The number of para-hydroxylation sites is 2. The number of amides is 2. The molecule has 7 nitrogen and oxygen atoms in total. The van der Waals surface area contributed by atoms with Gasteiger partial charge < -0.3 is 21.4 Å². The number of carbonyl (C=O) groups is 2. The van der Waals surface area contributed by atoms with E-state index in [-0.39, 0.29) is 24.3 Å². The van der Waals surface area contributed by atoms with Crippen LogP contribution in [0.5, 0.6) is 0 Å². The van der Waals surface area contributed by atoms with Crippen LogP contribution in [0.2, 0.25) is 0 Å². The Labute approximate surface area is 157 Å². The molecule has 0 fully saturated rings. The highest BCUT2D eigenvalue weighted by atomic mass is 16.2. The summed E-state index contributed by atoms with van der Waals surface area (Å²) in [5.74, 6) is 0.138. The molecule has 3 rings (SSSR count). The molecule has 2 aromatic carbocycles. The largest absolute Gasteiger partial charge is 0.346 e. The minimum absolute atomic E-state index is 0.0128. The summed E-state index contributed by atoms with van der Waals surface area (Å²) in [4.78, 5) is 31.6. The Bertz CT molecular complexity index is 913. The van der Waals surface area contributed by atoms with Crippen molar-refractivity contribution in [3.05, 3.63) is 48.5 Å². The maximum atomic E-state index is 12.0. The van der Waals surface area contributed by atoms with Gasteiger partial charge in [0.15, 0.2) is 0 Å². The number of nitrogens with zero attached hydrogens (tertiary/aromatic N) is 1. The Morgan fingerprint density at radius 3 is 2.48 bits per heavy atom. The van der Waals surface area contributed by atoms with Gasteiger partial charge in [-0.05, 0) is 42.3 Å². The maximum absolute atomic E-state index is 12.0. The molecule has 3 aromatic rings. The SMILES string of the molecule is CC(C)[C@H](N)C(=O)NCC(=O)Nc1ccc(-c2nc3ccccc3[nH]2)cc1. The zero-order valence-electron chi connectivity index (χ0n) is 15.3. The average Bonchev–Trinajstić information content (AvgIpc) is 3.10. The third kappa shape index (κ3) is 4.51. The van der Waals surface area contributed by atoms with Crippen molar-refractivity contribution in [2.24, 2.45) is 11.7 Å². The van der Waals surface area contributed by atoms with Gasteiger partial charge in [0.2, 0.25) is 11.8 Å². The summed E-state index contributed by atoms with van der Waals surface area (Å²) in [6.45, 7) is 3.59. The van der Waals surface area contributed by atoms with E-state index in [1.54, 1.807) is 12.1 Å². The molecule has 0 saturated carbocycles. The standard InChI is InChI=1S/C20H23N5O2/c1-12(2)18(21)20(27)22-11-17(26)23-14-9-7-13(8-10-14)19-24-15-5-3-4-6-16(15)25-19/h3-10,12,18H,11,21H2,1-2H3,(H,22,27)(H,23,26)(H,24,25)/t18-/m0/s1. The molecule has 2 amide bonds. The number of benzene rings is 2. The van der Waals surface area contributed by atoms with Crippen molar-refractivity contribution in [3.63, 3.8) is 0 Å². The predicted octanol–water partition coefficient (Wildman–Crippen LogP) is 2.27.